The Balaban J connectivity index is 1.45. The van der Waals surface area contributed by atoms with Gasteiger partial charge in [-0.3, -0.25) is 4.79 Å². The maximum absolute atomic E-state index is 12.2. The molecule has 0 aliphatic rings. The summed E-state index contributed by atoms with van der Waals surface area (Å²) in [5.74, 6) is 1.90. The van der Waals surface area contributed by atoms with Crippen molar-refractivity contribution in [1.29, 1.82) is 0 Å². The average molecular weight is 473 g/mol. The lowest BCUT2D eigenvalue weighted by Crippen LogP contribution is -2.21. The Morgan fingerprint density at radius 3 is 2.59 bits per heavy atom. The normalized spacial score (nSPS) is 11.1. The van der Waals surface area contributed by atoms with Gasteiger partial charge in [-0.2, -0.15) is 10.1 Å². The van der Waals surface area contributed by atoms with Crippen molar-refractivity contribution in [2.45, 2.75) is 26.3 Å². The van der Waals surface area contributed by atoms with Gasteiger partial charge in [0.05, 0.1) is 6.54 Å². The van der Waals surface area contributed by atoms with Crippen LogP contribution in [0.1, 0.15) is 30.3 Å². The lowest BCUT2D eigenvalue weighted by Gasteiger charge is -2.13. The number of rotatable bonds is 7. The van der Waals surface area contributed by atoms with Gasteiger partial charge in [-0.1, -0.05) is 36.4 Å². The summed E-state index contributed by atoms with van der Waals surface area (Å²) in [5.41, 5.74) is 2.25. The van der Waals surface area contributed by atoms with E-state index in [0.29, 0.717) is 28.9 Å². The van der Waals surface area contributed by atoms with E-state index < -0.39 is 0 Å². The predicted octanol–water partition coefficient (Wildman–Crippen LogP) is 4.78. The highest BCUT2D eigenvalue weighted by molar-refractivity contribution is 7.14. The van der Waals surface area contributed by atoms with Crippen molar-refractivity contribution in [3.05, 3.63) is 88.0 Å². The number of hydrogen-bond acceptors (Lipinski definition) is 9. The van der Waals surface area contributed by atoms with Crippen LogP contribution in [0.3, 0.4) is 0 Å². The lowest BCUT2D eigenvalue weighted by atomic mass is 10.1. The molecular weight excluding hydrogens is 452 g/mol. The van der Waals surface area contributed by atoms with Gasteiger partial charge in [0.25, 0.3) is 11.4 Å². The number of aromatic nitrogens is 6. The highest BCUT2D eigenvalue weighted by Crippen LogP contribution is 2.33. The summed E-state index contributed by atoms with van der Waals surface area (Å²) in [6, 6.07) is 16.2. The third-order valence-corrected chi connectivity index (χ3v) is 6.32. The van der Waals surface area contributed by atoms with E-state index in [1.54, 1.807) is 23.6 Å². The first-order valence-electron chi connectivity index (χ1n) is 10.6. The van der Waals surface area contributed by atoms with Crippen molar-refractivity contribution in [3.8, 4) is 33.5 Å². The Hall–Kier alpha value is -4.18. The predicted molar refractivity (Wildman–Crippen MR) is 127 cm³/mol. The van der Waals surface area contributed by atoms with Crippen LogP contribution in [-0.2, 0) is 6.54 Å². The number of ether oxygens (including phenoxy) is 1. The van der Waals surface area contributed by atoms with Crippen molar-refractivity contribution < 1.29 is 9.26 Å². The molecular formula is C24H20N6O3S. The van der Waals surface area contributed by atoms with Crippen molar-refractivity contribution in [2.24, 2.45) is 0 Å². The van der Waals surface area contributed by atoms with Gasteiger partial charge in [0, 0.05) is 34.9 Å². The summed E-state index contributed by atoms with van der Waals surface area (Å²) in [6.07, 6.45) is 2.92. The largest absolute Gasteiger partial charge is 0.457 e. The standard InChI is InChI=1S/C24H20N6O3S/c1-15(2)23-28-29-24(34-23)16-7-9-19(10-8-16)32-20-12-17(22-25-14-27-33-22)5-6-18(20)13-30-21(31)4-3-11-26-30/h3-12,14-15H,13H2,1-2H3. The average Bonchev–Trinajstić information content (AvgIpc) is 3.55. The summed E-state index contributed by atoms with van der Waals surface area (Å²) in [7, 11) is 0. The second kappa shape index (κ2) is 9.36. The monoisotopic (exact) mass is 472 g/mol. The molecule has 0 saturated heterocycles. The maximum atomic E-state index is 12.2. The van der Waals surface area contributed by atoms with Gasteiger partial charge >= 0.3 is 0 Å². The zero-order chi connectivity index (χ0) is 23.5. The molecule has 2 aromatic carbocycles. The molecule has 3 heterocycles. The summed E-state index contributed by atoms with van der Waals surface area (Å²) < 4.78 is 12.8. The third-order valence-electron chi connectivity index (χ3n) is 5.04. The molecule has 0 unspecified atom stereocenters. The van der Waals surface area contributed by atoms with Crippen molar-refractivity contribution in [3.63, 3.8) is 0 Å². The molecule has 0 radical (unpaired) electrons. The highest BCUT2D eigenvalue weighted by atomic mass is 32.1. The molecule has 0 spiro atoms. The third kappa shape index (κ3) is 4.62. The first kappa shape index (κ1) is 21.7. The molecule has 10 heteroatoms. The topological polar surface area (TPSA) is 109 Å². The molecule has 0 aliphatic heterocycles. The Bertz CT molecular complexity index is 1460. The smallest absolute Gasteiger partial charge is 0.267 e. The maximum Gasteiger partial charge on any atom is 0.267 e. The molecule has 34 heavy (non-hydrogen) atoms. The van der Waals surface area contributed by atoms with Gasteiger partial charge in [-0.15, -0.1) is 10.2 Å². The van der Waals surface area contributed by atoms with E-state index in [4.69, 9.17) is 9.26 Å². The van der Waals surface area contributed by atoms with Crippen LogP contribution in [-0.4, -0.2) is 30.1 Å². The SMILES string of the molecule is CC(C)c1nnc(-c2ccc(Oc3cc(-c4ncno4)ccc3Cn3ncccc3=O)cc2)s1. The molecule has 5 aromatic rings. The molecule has 0 amide bonds. The minimum atomic E-state index is -0.198. The van der Waals surface area contributed by atoms with E-state index in [2.05, 4.69) is 39.3 Å². The molecule has 170 valence electrons. The highest BCUT2D eigenvalue weighted by Gasteiger charge is 2.14. The van der Waals surface area contributed by atoms with Crippen molar-refractivity contribution >= 4 is 11.3 Å². The molecule has 5 rings (SSSR count). The Kier molecular flexibility index (Phi) is 5.96. The van der Waals surface area contributed by atoms with Crippen LogP contribution in [0.4, 0.5) is 0 Å². The molecule has 0 fully saturated rings. The van der Waals surface area contributed by atoms with Crippen LogP contribution in [0, 0.1) is 0 Å². The summed E-state index contributed by atoms with van der Waals surface area (Å²) in [6.45, 7) is 4.45. The van der Waals surface area contributed by atoms with Gasteiger partial charge in [0.2, 0.25) is 0 Å². The van der Waals surface area contributed by atoms with Crippen LogP contribution in [0.5, 0.6) is 11.5 Å². The van der Waals surface area contributed by atoms with E-state index in [0.717, 1.165) is 21.1 Å². The fourth-order valence-electron chi connectivity index (χ4n) is 3.26. The quantitative estimate of drug-likeness (QED) is 0.333. The zero-order valence-corrected chi connectivity index (χ0v) is 19.3. The second-order valence-electron chi connectivity index (χ2n) is 7.82. The first-order chi connectivity index (χ1) is 16.6. The molecule has 0 atom stereocenters. The van der Waals surface area contributed by atoms with Gasteiger partial charge in [-0.05, 0) is 42.5 Å². The van der Waals surface area contributed by atoms with Crippen LogP contribution >= 0.6 is 11.3 Å². The lowest BCUT2D eigenvalue weighted by molar-refractivity contribution is 0.429. The number of benzene rings is 2. The van der Waals surface area contributed by atoms with Gasteiger partial charge in [0.15, 0.2) is 6.33 Å². The van der Waals surface area contributed by atoms with Crippen LogP contribution in [0.25, 0.3) is 22.0 Å². The molecule has 0 bridgehead atoms. The number of hydrogen-bond donors (Lipinski definition) is 0. The van der Waals surface area contributed by atoms with E-state index in [1.165, 1.54) is 17.1 Å². The van der Waals surface area contributed by atoms with E-state index in [9.17, 15) is 4.79 Å². The van der Waals surface area contributed by atoms with Gasteiger partial charge < -0.3 is 9.26 Å². The molecule has 0 saturated carbocycles. The molecule has 9 nitrogen and oxygen atoms in total. The van der Waals surface area contributed by atoms with Crippen LogP contribution in [0.2, 0.25) is 0 Å². The zero-order valence-electron chi connectivity index (χ0n) is 18.5. The van der Waals surface area contributed by atoms with Crippen molar-refractivity contribution in [1.82, 2.24) is 30.1 Å². The summed E-state index contributed by atoms with van der Waals surface area (Å²) >= 11 is 1.58. The van der Waals surface area contributed by atoms with E-state index in [-0.39, 0.29) is 12.1 Å². The summed E-state index contributed by atoms with van der Waals surface area (Å²) in [5, 5.41) is 18.2. The molecule has 0 N–H and O–H groups in total. The van der Waals surface area contributed by atoms with Crippen LogP contribution < -0.4 is 10.3 Å². The fourth-order valence-corrected chi connectivity index (χ4v) is 4.11. The molecule has 0 aliphatic carbocycles. The van der Waals surface area contributed by atoms with Gasteiger partial charge in [0.1, 0.15) is 21.5 Å². The Labute approximate surface area is 198 Å². The Morgan fingerprint density at radius 2 is 1.88 bits per heavy atom. The van der Waals surface area contributed by atoms with E-state index in [1.807, 2.05) is 42.5 Å². The minimum absolute atomic E-state index is 0.198. The minimum Gasteiger partial charge on any atom is -0.457 e. The molecule has 3 aromatic heterocycles. The van der Waals surface area contributed by atoms with Crippen molar-refractivity contribution in [2.75, 3.05) is 0 Å². The summed E-state index contributed by atoms with van der Waals surface area (Å²) in [4.78, 5) is 16.3. The Morgan fingerprint density at radius 1 is 1.06 bits per heavy atom. The second-order valence-corrected chi connectivity index (χ2v) is 8.82. The number of nitrogens with zero attached hydrogens (tertiary/aromatic N) is 6. The van der Waals surface area contributed by atoms with Gasteiger partial charge in [-0.25, -0.2) is 4.68 Å². The first-order valence-corrected chi connectivity index (χ1v) is 11.4. The van der Waals surface area contributed by atoms with Crippen LogP contribution in [0.15, 0.2) is 76.4 Å². The fraction of sp³-hybridized carbons (Fsp3) is 0.167. The van der Waals surface area contributed by atoms with E-state index >= 15 is 0 Å².